The first-order valence-electron chi connectivity index (χ1n) is 8.19. The molecular weight excluding hydrogens is 419 g/mol. The summed E-state index contributed by atoms with van der Waals surface area (Å²) in [6.07, 6.45) is 0. The number of fused-ring (bicyclic) bond motifs is 1. The molecule has 10 heteroatoms. The minimum Gasteiger partial charge on any atom is -0.335 e. The van der Waals surface area contributed by atoms with E-state index in [0.29, 0.717) is 49.1 Å². The van der Waals surface area contributed by atoms with Crippen molar-refractivity contribution in [2.75, 3.05) is 5.84 Å². The average Bonchev–Trinajstić information content (AvgIpc) is 3.04. The summed E-state index contributed by atoms with van der Waals surface area (Å²) in [5.41, 5.74) is 1.19. The van der Waals surface area contributed by atoms with Crippen LogP contribution in [0.25, 0.3) is 22.3 Å². The van der Waals surface area contributed by atoms with Crippen molar-refractivity contribution in [2.24, 2.45) is 7.05 Å². The zero-order valence-electron chi connectivity index (χ0n) is 14.6. The summed E-state index contributed by atoms with van der Waals surface area (Å²) < 4.78 is 2.89. The lowest BCUT2D eigenvalue weighted by Crippen LogP contribution is -2.22. The predicted octanol–water partition coefficient (Wildman–Crippen LogP) is 3.50. The maximum Gasteiger partial charge on any atom is 0.261 e. The van der Waals surface area contributed by atoms with Crippen molar-refractivity contribution in [1.29, 1.82) is 0 Å². The van der Waals surface area contributed by atoms with Crippen LogP contribution in [0.5, 0.6) is 0 Å². The average molecular weight is 433 g/mol. The van der Waals surface area contributed by atoms with Crippen LogP contribution in [0.15, 0.2) is 52.4 Å². The van der Waals surface area contributed by atoms with Crippen molar-refractivity contribution in [1.82, 2.24) is 24.4 Å². The van der Waals surface area contributed by atoms with Crippen LogP contribution in [0.2, 0.25) is 10.0 Å². The third-order valence-electron chi connectivity index (χ3n) is 4.24. The topological polar surface area (TPSA) is 91.6 Å². The minimum atomic E-state index is -0.0935. The maximum atomic E-state index is 12.5. The standard InChI is InChI=1S/C18H14Cl2N6OS/c1-25-15(22-14-5-3-2-4-12(14)17(25)27)9-28-18-24-23-16(26(18)21)11-7-6-10(19)8-13(11)20/h2-8H,9,21H2,1H3. The largest absolute Gasteiger partial charge is 0.335 e. The Morgan fingerprint density at radius 3 is 2.71 bits per heavy atom. The molecule has 2 aromatic carbocycles. The van der Waals surface area contributed by atoms with Crippen LogP contribution in [0.3, 0.4) is 0 Å². The van der Waals surface area contributed by atoms with Gasteiger partial charge >= 0.3 is 0 Å². The molecule has 0 aliphatic carbocycles. The number of nitrogen functional groups attached to an aromatic ring is 1. The highest BCUT2D eigenvalue weighted by molar-refractivity contribution is 7.98. The third kappa shape index (κ3) is 3.34. The minimum absolute atomic E-state index is 0.0935. The first kappa shape index (κ1) is 18.8. The molecule has 0 bridgehead atoms. The molecule has 142 valence electrons. The number of aromatic nitrogens is 5. The van der Waals surface area contributed by atoms with Crippen LogP contribution in [0.1, 0.15) is 5.82 Å². The molecule has 2 N–H and O–H groups in total. The summed E-state index contributed by atoms with van der Waals surface area (Å²) in [5, 5.41) is 10.3. The summed E-state index contributed by atoms with van der Waals surface area (Å²) in [5.74, 6) is 7.59. The molecule has 4 aromatic rings. The van der Waals surface area contributed by atoms with Crippen LogP contribution < -0.4 is 11.4 Å². The fraction of sp³-hybridized carbons (Fsp3) is 0.111. The molecule has 28 heavy (non-hydrogen) atoms. The van der Waals surface area contributed by atoms with Gasteiger partial charge in [-0.25, -0.2) is 9.66 Å². The van der Waals surface area contributed by atoms with Gasteiger partial charge in [-0.2, -0.15) is 0 Å². The molecule has 0 fully saturated rings. The Kier molecular flexibility index (Phi) is 5.01. The molecule has 4 rings (SSSR count). The van der Waals surface area contributed by atoms with Crippen molar-refractivity contribution < 1.29 is 0 Å². The van der Waals surface area contributed by atoms with Crippen molar-refractivity contribution >= 4 is 45.9 Å². The SMILES string of the molecule is Cn1c(CSc2nnc(-c3ccc(Cl)cc3Cl)n2N)nc2ccccc2c1=O. The second-order valence-corrected chi connectivity index (χ2v) is 7.78. The molecule has 0 spiro atoms. The van der Waals surface area contributed by atoms with E-state index in [9.17, 15) is 4.79 Å². The van der Waals surface area contributed by atoms with Crippen LogP contribution in [0, 0.1) is 0 Å². The zero-order valence-corrected chi connectivity index (χ0v) is 17.0. The van der Waals surface area contributed by atoms with E-state index >= 15 is 0 Å². The van der Waals surface area contributed by atoms with E-state index < -0.39 is 0 Å². The first-order valence-corrected chi connectivity index (χ1v) is 9.93. The summed E-state index contributed by atoms with van der Waals surface area (Å²) >= 11 is 13.5. The second-order valence-electron chi connectivity index (χ2n) is 6.00. The summed E-state index contributed by atoms with van der Waals surface area (Å²) in [7, 11) is 1.70. The lowest BCUT2D eigenvalue weighted by Gasteiger charge is -2.09. The Hall–Kier alpha value is -2.55. The van der Waals surface area contributed by atoms with Gasteiger partial charge < -0.3 is 5.84 Å². The zero-order chi connectivity index (χ0) is 19.8. The smallest absolute Gasteiger partial charge is 0.261 e. The van der Waals surface area contributed by atoms with Gasteiger partial charge in [0.25, 0.3) is 5.56 Å². The van der Waals surface area contributed by atoms with E-state index in [0.717, 1.165) is 0 Å². The fourth-order valence-corrected chi connectivity index (χ4v) is 4.09. The number of nitrogens with zero attached hydrogens (tertiary/aromatic N) is 5. The molecule has 0 radical (unpaired) electrons. The number of rotatable bonds is 4. The predicted molar refractivity (Wildman–Crippen MR) is 112 cm³/mol. The van der Waals surface area contributed by atoms with Gasteiger partial charge in [-0.15, -0.1) is 10.2 Å². The van der Waals surface area contributed by atoms with Gasteiger partial charge in [-0.1, -0.05) is 47.1 Å². The highest BCUT2D eigenvalue weighted by atomic mass is 35.5. The Balaban J connectivity index is 1.63. The number of thioether (sulfide) groups is 1. The van der Waals surface area contributed by atoms with Gasteiger partial charge in [0.05, 0.1) is 21.7 Å². The Bertz CT molecular complexity index is 1250. The third-order valence-corrected chi connectivity index (χ3v) is 5.73. The Labute approximate surface area is 174 Å². The van der Waals surface area contributed by atoms with Crippen molar-refractivity contribution in [2.45, 2.75) is 10.9 Å². The van der Waals surface area contributed by atoms with Crippen LogP contribution in [0.4, 0.5) is 0 Å². The first-order chi connectivity index (χ1) is 13.5. The van der Waals surface area contributed by atoms with E-state index in [4.69, 9.17) is 29.0 Å². The number of hydrogen-bond acceptors (Lipinski definition) is 6. The van der Waals surface area contributed by atoms with Gasteiger partial charge in [0.1, 0.15) is 5.82 Å². The quantitative estimate of drug-likeness (QED) is 0.391. The van der Waals surface area contributed by atoms with Gasteiger partial charge in [-0.05, 0) is 30.3 Å². The van der Waals surface area contributed by atoms with Crippen LogP contribution >= 0.6 is 35.0 Å². The van der Waals surface area contributed by atoms with E-state index in [2.05, 4.69) is 15.2 Å². The molecule has 0 aliphatic rings. The summed E-state index contributed by atoms with van der Waals surface area (Å²) in [4.78, 5) is 17.1. The fourth-order valence-electron chi connectivity index (χ4n) is 2.75. The van der Waals surface area contributed by atoms with Gasteiger partial charge in [-0.3, -0.25) is 9.36 Å². The molecule has 7 nitrogen and oxygen atoms in total. The van der Waals surface area contributed by atoms with Crippen molar-refractivity contribution in [3.63, 3.8) is 0 Å². The van der Waals surface area contributed by atoms with Gasteiger partial charge in [0, 0.05) is 17.6 Å². The number of nitrogens with two attached hydrogens (primary N) is 1. The number of hydrogen-bond donors (Lipinski definition) is 1. The molecule has 0 aliphatic heterocycles. The molecule has 0 saturated heterocycles. The molecule has 2 heterocycles. The van der Waals surface area contributed by atoms with Crippen LogP contribution in [-0.4, -0.2) is 24.4 Å². The normalized spacial score (nSPS) is 11.2. The number of halogens is 2. The van der Waals surface area contributed by atoms with E-state index in [1.165, 1.54) is 21.0 Å². The summed E-state index contributed by atoms with van der Waals surface area (Å²) in [6.45, 7) is 0. The van der Waals surface area contributed by atoms with Crippen molar-refractivity contribution in [3.8, 4) is 11.4 Å². The molecule has 0 saturated carbocycles. The molecule has 2 aromatic heterocycles. The highest BCUT2D eigenvalue weighted by Crippen LogP contribution is 2.30. The Morgan fingerprint density at radius 2 is 1.93 bits per heavy atom. The number of benzene rings is 2. The molecule has 0 atom stereocenters. The van der Waals surface area contributed by atoms with Gasteiger partial charge in [0.2, 0.25) is 5.16 Å². The van der Waals surface area contributed by atoms with Crippen molar-refractivity contribution in [3.05, 3.63) is 68.7 Å². The van der Waals surface area contributed by atoms with E-state index in [1.54, 1.807) is 31.3 Å². The Morgan fingerprint density at radius 1 is 1.14 bits per heavy atom. The van der Waals surface area contributed by atoms with Crippen LogP contribution in [-0.2, 0) is 12.8 Å². The highest BCUT2D eigenvalue weighted by Gasteiger charge is 2.16. The monoisotopic (exact) mass is 432 g/mol. The lowest BCUT2D eigenvalue weighted by atomic mass is 10.2. The maximum absolute atomic E-state index is 12.5. The lowest BCUT2D eigenvalue weighted by molar-refractivity contribution is 0.781. The molecule has 0 unspecified atom stereocenters. The van der Waals surface area contributed by atoms with E-state index in [1.807, 2.05) is 18.2 Å². The summed E-state index contributed by atoms with van der Waals surface area (Å²) in [6, 6.07) is 12.3. The molecule has 0 amide bonds. The molecular formula is C18H14Cl2N6OS. The number of para-hydroxylation sites is 1. The van der Waals surface area contributed by atoms with Gasteiger partial charge in [0.15, 0.2) is 5.82 Å². The second kappa shape index (κ2) is 7.46. The van der Waals surface area contributed by atoms with E-state index in [-0.39, 0.29) is 5.56 Å².